The second kappa shape index (κ2) is 6.98. The summed E-state index contributed by atoms with van der Waals surface area (Å²) in [5.41, 5.74) is 1.31. The molecule has 0 bridgehead atoms. The van der Waals surface area contributed by atoms with Crippen LogP contribution in [0.1, 0.15) is 23.0 Å². The molecular weight excluding hydrogens is 220 g/mol. The predicted octanol–water partition coefficient (Wildman–Crippen LogP) is 0.682. The van der Waals surface area contributed by atoms with E-state index in [2.05, 4.69) is 14.6 Å². The van der Waals surface area contributed by atoms with Gasteiger partial charge in [0.15, 0.2) is 0 Å². The lowest BCUT2D eigenvalue weighted by Crippen LogP contribution is -2.26. The SMILES string of the molecule is CCN(CCO)Cc1ccc(C(=O)OC)cn1. The van der Waals surface area contributed by atoms with Crippen LogP contribution in [0.4, 0.5) is 0 Å². The molecule has 5 heteroatoms. The minimum Gasteiger partial charge on any atom is -0.465 e. The molecule has 1 aromatic heterocycles. The number of nitrogens with zero attached hydrogens (tertiary/aromatic N) is 2. The van der Waals surface area contributed by atoms with Gasteiger partial charge in [-0.25, -0.2) is 4.79 Å². The maximum atomic E-state index is 11.2. The van der Waals surface area contributed by atoms with Crippen molar-refractivity contribution in [2.45, 2.75) is 13.5 Å². The van der Waals surface area contributed by atoms with Gasteiger partial charge in [-0.05, 0) is 18.7 Å². The smallest absolute Gasteiger partial charge is 0.339 e. The first-order chi connectivity index (χ1) is 8.21. The predicted molar refractivity (Wildman–Crippen MR) is 63.6 cm³/mol. The number of aromatic nitrogens is 1. The Morgan fingerprint density at radius 1 is 1.53 bits per heavy atom. The van der Waals surface area contributed by atoms with Gasteiger partial charge in [0.25, 0.3) is 0 Å². The lowest BCUT2D eigenvalue weighted by molar-refractivity contribution is 0.0600. The molecule has 1 aromatic rings. The molecule has 0 saturated heterocycles. The molecule has 1 rings (SSSR count). The average molecular weight is 238 g/mol. The van der Waals surface area contributed by atoms with E-state index in [0.29, 0.717) is 18.7 Å². The Morgan fingerprint density at radius 3 is 2.76 bits per heavy atom. The Bertz CT molecular complexity index is 351. The average Bonchev–Trinajstić information content (AvgIpc) is 2.38. The third-order valence-electron chi connectivity index (χ3n) is 2.49. The summed E-state index contributed by atoms with van der Waals surface area (Å²) in [4.78, 5) is 17.5. The fourth-order valence-corrected chi connectivity index (χ4v) is 1.48. The summed E-state index contributed by atoms with van der Waals surface area (Å²) in [6, 6.07) is 3.49. The third-order valence-corrected chi connectivity index (χ3v) is 2.49. The highest BCUT2D eigenvalue weighted by Crippen LogP contribution is 2.05. The minimum atomic E-state index is -0.383. The topological polar surface area (TPSA) is 62.7 Å². The van der Waals surface area contributed by atoms with Crippen molar-refractivity contribution in [3.05, 3.63) is 29.6 Å². The van der Waals surface area contributed by atoms with Gasteiger partial charge in [-0.3, -0.25) is 9.88 Å². The molecule has 0 saturated carbocycles. The molecule has 1 heterocycles. The molecular formula is C12H18N2O3. The van der Waals surface area contributed by atoms with Gasteiger partial charge < -0.3 is 9.84 Å². The summed E-state index contributed by atoms with van der Waals surface area (Å²) >= 11 is 0. The first-order valence-corrected chi connectivity index (χ1v) is 5.57. The Morgan fingerprint density at radius 2 is 2.29 bits per heavy atom. The van der Waals surface area contributed by atoms with Crippen molar-refractivity contribution < 1.29 is 14.6 Å². The summed E-state index contributed by atoms with van der Waals surface area (Å²) in [5.74, 6) is -0.383. The van der Waals surface area contributed by atoms with Crippen molar-refractivity contribution in [1.29, 1.82) is 0 Å². The Balaban J connectivity index is 2.64. The number of methoxy groups -OCH3 is 1. The van der Waals surface area contributed by atoms with Crippen molar-refractivity contribution in [1.82, 2.24) is 9.88 Å². The van der Waals surface area contributed by atoms with Gasteiger partial charge in [-0.2, -0.15) is 0 Å². The van der Waals surface area contributed by atoms with Gasteiger partial charge in [-0.1, -0.05) is 6.92 Å². The van der Waals surface area contributed by atoms with E-state index in [1.165, 1.54) is 13.3 Å². The molecule has 0 radical (unpaired) electrons. The van der Waals surface area contributed by atoms with Gasteiger partial charge >= 0.3 is 5.97 Å². The van der Waals surface area contributed by atoms with Crippen LogP contribution >= 0.6 is 0 Å². The lowest BCUT2D eigenvalue weighted by atomic mass is 10.2. The van der Waals surface area contributed by atoms with E-state index < -0.39 is 0 Å². The fourth-order valence-electron chi connectivity index (χ4n) is 1.48. The lowest BCUT2D eigenvalue weighted by Gasteiger charge is -2.18. The van der Waals surface area contributed by atoms with E-state index in [1.54, 1.807) is 12.1 Å². The van der Waals surface area contributed by atoms with E-state index in [9.17, 15) is 4.79 Å². The number of rotatable bonds is 6. The number of hydrogen-bond donors (Lipinski definition) is 1. The van der Waals surface area contributed by atoms with Crippen LogP contribution in [0.15, 0.2) is 18.3 Å². The Kier molecular flexibility index (Phi) is 5.59. The zero-order chi connectivity index (χ0) is 12.7. The molecule has 0 unspecified atom stereocenters. The molecule has 0 fully saturated rings. The van der Waals surface area contributed by atoms with Crippen LogP contribution < -0.4 is 0 Å². The first kappa shape index (κ1) is 13.6. The molecule has 0 aliphatic heterocycles. The van der Waals surface area contributed by atoms with Crippen molar-refractivity contribution in [3.8, 4) is 0 Å². The standard InChI is InChI=1S/C12H18N2O3/c1-3-14(6-7-15)9-11-5-4-10(8-13-11)12(16)17-2/h4-5,8,15H,3,6-7,9H2,1-2H3. The summed E-state index contributed by atoms with van der Waals surface area (Å²) < 4.78 is 4.59. The number of pyridine rings is 1. The van der Waals surface area contributed by atoms with Crippen LogP contribution in [0.3, 0.4) is 0 Å². The number of carbonyl (C=O) groups is 1. The summed E-state index contributed by atoms with van der Waals surface area (Å²) in [5, 5.41) is 8.87. The molecule has 17 heavy (non-hydrogen) atoms. The van der Waals surface area contributed by atoms with Crippen molar-refractivity contribution >= 4 is 5.97 Å². The van der Waals surface area contributed by atoms with Crippen LogP contribution in [0.25, 0.3) is 0 Å². The van der Waals surface area contributed by atoms with E-state index in [4.69, 9.17) is 5.11 Å². The summed E-state index contributed by atoms with van der Waals surface area (Å²) in [6.45, 7) is 4.29. The maximum Gasteiger partial charge on any atom is 0.339 e. The second-order valence-corrected chi connectivity index (χ2v) is 3.62. The van der Waals surface area contributed by atoms with Gasteiger partial charge in [-0.15, -0.1) is 0 Å². The number of ether oxygens (including phenoxy) is 1. The van der Waals surface area contributed by atoms with E-state index >= 15 is 0 Å². The van der Waals surface area contributed by atoms with Crippen LogP contribution in [0.5, 0.6) is 0 Å². The maximum absolute atomic E-state index is 11.2. The quantitative estimate of drug-likeness (QED) is 0.738. The Labute approximate surface area is 101 Å². The number of esters is 1. The number of aliphatic hydroxyl groups excluding tert-OH is 1. The first-order valence-electron chi connectivity index (χ1n) is 5.57. The molecule has 5 nitrogen and oxygen atoms in total. The number of aliphatic hydroxyl groups is 1. The van der Waals surface area contributed by atoms with E-state index in [0.717, 1.165) is 12.2 Å². The van der Waals surface area contributed by atoms with Crippen LogP contribution in [-0.2, 0) is 11.3 Å². The molecule has 0 aliphatic rings. The molecule has 0 amide bonds. The molecule has 0 aliphatic carbocycles. The summed E-state index contributed by atoms with van der Waals surface area (Å²) in [6.07, 6.45) is 1.51. The van der Waals surface area contributed by atoms with Crippen LogP contribution in [0.2, 0.25) is 0 Å². The largest absolute Gasteiger partial charge is 0.465 e. The van der Waals surface area contributed by atoms with Crippen LogP contribution in [0, 0.1) is 0 Å². The zero-order valence-corrected chi connectivity index (χ0v) is 10.2. The van der Waals surface area contributed by atoms with Crippen molar-refractivity contribution in [2.75, 3.05) is 26.8 Å². The summed E-state index contributed by atoms with van der Waals surface area (Å²) in [7, 11) is 1.34. The highest BCUT2D eigenvalue weighted by molar-refractivity contribution is 5.88. The van der Waals surface area contributed by atoms with E-state index in [1.807, 2.05) is 6.92 Å². The van der Waals surface area contributed by atoms with Crippen molar-refractivity contribution in [3.63, 3.8) is 0 Å². The van der Waals surface area contributed by atoms with E-state index in [-0.39, 0.29) is 12.6 Å². The highest BCUT2D eigenvalue weighted by atomic mass is 16.5. The minimum absolute atomic E-state index is 0.133. The number of hydrogen-bond acceptors (Lipinski definition) is 5. The molecule has 0 aromatic carbocycles. The molecule has 0 atom stereocenters. The van der Waals surface area contributed by atoms with Gasteiger partial charge in [0.1, 0.15) is 0 Å². The van der Waals surface area contributed by atoms with Gasteiger partial charge in [0.05, 0.1) is 25.0 Å². The molecule has 0 spiro atoms. The molecule has 94 valence electrons. The number of likely N-dealkylation sites (N-methyl/N-ethyl adjacent to an activating group) is 1. The normalized spacial score (nSPS) is 10.6. The highest BCUT2D eigenvalue weighted by Gasteiger charge is 2.07. The zero-order valence-electron chi connectivity index (χ0n) is 10.2. The molecule has 1 N–H and O–H groups in total. The monoisotopic (exact) mass is 238 g/mol. The Hall–Kier alpha value is -1.46. The second-order valence-electron chi connectivity index (χ2n) is 3.62. The van der Waals surface area contributed by atoms with Crippen molar-refractivity contribution in [2.24, 2.45) is 0 Å². The third kappa shape index (κ3) is 4.13. The fraction of sp³-hybridized carbons (Fsp3) is 0.500. The van der Waals surface area contributed by atoms with Gasteiger partial charge in [0, 0.05) is 19.3 Å². The number of carbonyl (C=O) groups excluding carboxylic acids is 1. The van der Waals surface area contributed by atoms with Crippen LogP contribution in [-0.4, -0.2) is 47.8 Å². The van der Waals surface area contributed by atoms with Gasteiger partial charge in [0.2, 0.25) is 0 Å².